The van der Waals surface area contributed by atoms with Gasteiger partial charge in [0.15, 0.2) is 0 Å². The van der Waals surface area contributed by atoms with Crippen LogP contribution in [0.25, 0.3) is 21.9 Å². The molecule has 11 nitrogen and oxygen atoms in total. The largest absolute Gasteiger partial charge is 0.496 e. The van der Waals surface area contributed by atoms with Crippen LogP contribution >= 0.6 is 0 Å². The normalized spacial score (nSPS) is 15.2. The fourth-order valence-corrected chi connectivity index (χ4v) is 5.27. The van der Waals surface area contributed by atoms with E-state index in [0.29, 0.717) is 34.7 Å². The second-order valence-electron chi connectivity index (χ2n) is 9.84. The predicted molar refractivity (Wildman–Crippen MR) is 152 cm³/mol. The van der Waals surface area contributed by atoms with E-state index in [1.165, 1.54) is 4.57 Å². The maximum Gasteiger partial charge on any atom is 0.262 e. The first-order valence-corrected chi connectivity index (χ1v) is 13.1. The van der Waals surface area contributed by atoms with E-state index >= 15 is 0 Å². The van der Waals surface area contributed by atoms with Crippen molar-refractivity contribution >= 4 is 45.3 Å². The van der Waals surface area contributed by atoms with Crippen LogP contribution in [0.2, 0.25) is 0 Å². The van der Waals surface area contributed by atoms with Crippen LogP contribution in [-0.2, 0) is 16.1 Å². The molecule has 0 aliphatic carbocycles. The minimum atomic E-state index is -0.829. The van der Waals surface area contributed by atoms with Gasteiger partial charge in [-0.1, -0.05) is 24.3 Å². The van der Waals surface area contributed by atoms with E-state index in [1.54, 1.807) is 50.7 Å². The number of aromatic nitrogens is 4. The summed E-state index contributed by atoms with van der Waals surface area (Å²) in [6.45, 7) is 2.18. The van der Waals surface area contributed by atoms with Crippen molar-refractivity contribution < 1.29 is 19.1 Å². The second kappa shape index (κ2) is 10.3. The molecule has 41 heavy (non-hydrogen) atoms. The predicted octanol–water partition coefficient (Wildman–Crippen LogP) is 3.34. The molecule has 11 heteroatoms. The molecule has 3 amide bonds. The lowest BCUT2D eigenvalue weighted by Gasteiger charge is -2.24. The average Bonchev–Trinajstić information content (AvgIpc) is 3.36. The molecule has 0 radical (unpaired) electrons. The zero-order chi connectivity index (χ0) is 28.7. The highest BCUT2D eigenvalue weighted by Crippen LogP contribution is 2.25. The number of aryl methyl sites for hydroxylation is 1. The van der Waals surface area contributed by atoms with Gasteiger partial charge in [-0.25, -0.2) is 9.97 Å². The Labute approximate surface area is 233 Å². The maximum absolute atomic E-state index is 13.4. The number of nitrogens with one attached hydrogen (secondary N) is 2. The molecular weight excluding hydrogens is 524 g/mol. The lowest BCUT2D eigenvalue weighted by atomic mass is 10.1. The number of methoxy groups -OCH3 is 1. The van der Waals surface area contributed by atoms with E-state index in [-0.39, 0.29) is 30.0 Å². The molecule has 5 aromatic rings. The molecule has 3 aromatic carbocycles. The molecule has 0 bridgehead atoms. The SMILES string of the molecule is COc1ccccc1Cn1cnc2cc(C(=O)Nc3cccc4c(=O)n(C5CCC(=O)NC5=O)c(C)nc34)ccc21. The standard InChI is InChI=1S/C30H26N6O5/c1-17-32-27-20(30(40)36(17)24-12-13-26(37)34-29(24)39)7-5-8-21(27)33-28(38)18-10-11-23-22(14-18)31-16-35(23)15-19-6-3-4-9-25(19)41-2/h3-11,14,16,24H,12-13,15H2,1-2H3,(H,33,38)(H,34,37,39). The van der Waals surface area contributed by atoms with Crippen LogP contribution in [-0.4, -0.2) is 43.9 Å². The van der Waals surface area contributed by atoms with Crippen LogP contribution in [0.1, 0.15) is 40.6 Å². The third kappa shape index (κ3) is 4.71. The topological polar surface area (TPSA) is 137 Å². The van der Waals surface area contributed by atoms with Gasteiger partial charge in [-0.15, -0.1) is 0 Å². The number of hydrogen-bond donors (Lipinski definition) is 2. The number of carbonyl (C=O) groups is 3. The Hall–Kier alpha value is -5.32. The minimum absolute atomic E-state index is 0.138. The summed E-state index contributed by atoms with van der Waals surface area (Å²) in [5.74, 6) is -0.184. The maximum atomic E-state index is 13.4. The summed E-state index contributed by atoms with van der Waals surface area (Å²) in [6.07, 6.45) is 2.08. The summed E-state index contributed by atoms with van der Waals surface area (Å²) in [5.41, 5.74) is 3.19. The number of ether oxygens (including phenoxy) is 1. The first-order chi connectivity index (χ1) is 19.8. The summed E-state index contributed by atoms with van der Waals surface area (Å²) in [6, 6.07) is 17.1. The van der Waals surface area contributed by atoms with E-state index in [2.05, 4.69) is 20.6 Å². The van der Waals surface area contributed by atoms with Gasteiger partial charge in [0, 0.05) is 17.5 Å². The number of para-hydroxylation sites is 2. The van der Waals surface area contributed by atoms with Crippen LogP contribution in [0, 0.1) is 6.92 Å². The number of rotatable bonds is 6. The first-order valence-electron chi connectivity index (χ1n) is 13.1. The molecule has 3 heterocycles. The molecule has 206 valence electrons. The van der Waals surface area contributed by atoms with Crippen LogP contribution < -0.4 is 20.9 Å². The average molecular weight is 551 g/mol. The van der Waals surface area contributed by atoms with Crippen molar-refractivity contribution in [3.05, 3.63) is 94.3 Å². The van der Waals surface area contributed by atoms with E-state index < -0.39 is 17.5 Å². The van der Waals surface area contributed by atoms with Crippen LogP contribution in [0.3, 0.4) is 0 Å². The molecule has 0 saturated carbocycles. The van der Waals surface area contributed by atoms with Gasteiger partial charge in [0.05, 0.1) is 42.1 Å². The van der Waals surface area contributed by atoms with Crippen LogP contribution in [0.15, 0.2) is 71.8 Å². The fourth-order valence-electron chi connectivity index (χ4n) is 5.27. The molecule has 1 aliphatic rings. The Kier molecular flexibility index (Phi) is 6.54. The highest BCUT2D eigenvalue weighted by Gasteiger charge is 2.30. The Morgan fingerprint density at radius 3 is 2.73 bits per heavy atom. The third-order valence-corrected chi connectivity index (χ3v) is 7.29. The first kappa shape index (κ1) is 25.9. The van der Waals surface area contributed by atoms with Crippen molar-refractivity contribution in [2.75, 3.05) is 12.4 Å². The Balaban J connectivity index is 1.28. The Morgan fingerprint density at radius 2 is 1.93 bits per heavy atom. The molecule has 0 spiro atoms. The number of amides is 3. The number of imide groups is 1. The number of benzene rings is 3. The van der Waals surface area contributed by atoms with Crippen molar-refractivity contribution in [2.24, 2.45) is 0 Å². The number of piperidine rings is 1. The lowest BCUT2D eigenvalue weighted by molar-refractivity contribution is -0.135. The van der Waals surface area contributed by atoms with Gasteiger partial charge >= 0.3 is 0 Å². The second-order valence-corrected chi connectivity index (χ2v) is 9.84. The van der Waals surface area contributed by atoms with Crippen molar-refractivity contribution in [2.45, 2.75) is 32.4 Å². The number of fused-ring (bicyclic) bond motifs is 2. The summed E-state index contributed by atoms with van der Waals surface area (Å²) < 4.78 is 8.76. The van der Waals surface area contributed by atoms with Gasteiger partial charge in [0.2, 0.25) is 11.8 Å². The number of carbonyl (C=O) groups excluding carboxylic acids is 3. The molecule has 6 rings (SSSR count). The van der Waals surface area contributed by atoms with Gasteiger partial charge in [-0.3, -0.25) is 29.1 Å². The van der Waals surface area contributed by atoms with Crippen LogP contribution in [0.4, 0.5) is 5.69 Å². The van der Waals surface area contributed by atoms with Gasteiger partial charge < -0.3 is 14.6 Å². The quantitative estimate of drug-likeness (QED) is 0.309. The van der Waals surface area contributed by atoms with Gasteiger partial charge in [0.25, 0.3) is 11.5 Å². The summed E-state index contributed by atoms with van der Waals surface area (Å²) >= 11 is 0. The summed E-state index contributed by atoms with van der Waals surface area (Å²) in [7, 11) is 1.64. The van der Waals surface area contributed by atoms with E-state index in [0.717, 1.165) is 16.8 Å². The third-order valence-electron chi connectivity index (χ3n) is 7.29. The monoisotopic (exact) mass is 550 g/mol. The lowest BCUT2D eigenvalue weighted by Crippen LogP contribution is -2.45. The van der Waals surface area contributed by atoms with Gasteiger partial charge in [0.1, 0.15) is 23.1 Å². The fraction of sp³-hybridized carbons (Fsp3) is 0.200. The van der Waals surface area contributed by atoms with Crippen LogP contribution in [0.5, 0.6) is 5.75 Å². The Bertz CT molecular complexity index is 1920. The van der Waals surface area contributed by atoms with E-state index in [9.17, 15) is 19.2 Å². The van der Waals surface area contributed by atoms with Crippen molar-refractivity contribution in [3.63, 3.8) is 0 Å². The Morgan fingerprint density at radius 1 is 1.10 bits per heavy atom. The van der Waals surface area contributed by atoms with Crippen molar-refractivity contribution in [1.29, 1.82) is 0 Å². The van der Waals surface area contributed by atoms with Gasteiger partial charge in [-0.05, 0) is 49.7 Å². The van der Waals surface area contributed by atoms with E-state index in [4.69, 9.17) is 4.74 Å². The molecule has 1 atom stereocenters. The molecule has 2 aromatic heterocycles. The number of anilines is 1. The summed E-state index contributed by atoms with van der Waals surface area (Å²) in [4.78, 5) is 59.8. The van der Waals surface area contributed by atoms with E-state index in [1.807, 2.05) is 34.9 Å². The molecule has 1 aliphatic heterocycles. The number of imidazole rings is 1. The van der Waals surface area contributed by atoms with Gasteiger partial charge in [-0.2, -0.15) is 0 Å². The number of hydrogen-bond acceptors (Lipinski definition) is 7. The van der Waals surface area contributed by atoms with Crippen molar-refractivity contribution in [3.8, 4) is 5.75 Å². The highest BCUT2D eigenvalue weighted by atomic mass is 16.5. The molecule has 1 fully saturated rings. The molecular formula is C30H26N6O5. The number of nitrogens with zero attached hydrogens (tertiary/aromatic N) is 4. The summed E-state index contributed by atoms with van der Waals surface area (Å²) in [5, 5.41) is 5.41. The smallest absolute Gasteiger partial charge is 0.262 e. The minimum Gasteiger partial charge on any atom is -0.496 e. The van der Waals surface area contributed by atoms with Crippen molar-refractivity contribution in [1.82, 2.24) is 24.4 Å². The zero-order valence-electron chi connectivity index (χ0n) is 22.4. The highest BCUT2D eigenvalue weighted by molar-refractivity contribution is 6.09. The zero-order valence-corrected chi connectivity index (χ0v) is 22.4. The molecule has 2 N–H and O–H groups in total. The molecule has 1 unspecified atom stereocenters. The molecule has 1 saturated heterocycles.